The highest BCUT2D eigenvalue weighted by molar-refractivity contribution is 5.82. The molecule has 2 atom stereocenters. The van der Waals surface area contributed by atoms with E-state index >= 15 is 0 Å². The number of carbonyl (C=O) groups excluding carboxylic acids is 1. The lowest BCUT2D eigenvalue weighted by atomic mass is 9.99. The second-order valence-corrected chi connectivity index (χ2v) is 5.84. The zero-order valence-electron chi connectivity index (χ0n) is 13.7. The molecule has 2 rings (SSSR count). The second kappa shape index (κ2) is 7.26. The number of nitrogens with one attached hydrogen (secondary N) is 1. The highest BCUT2D eigenvalue weighted by atomic mass is 16.4. The molecule has 1 aliphatic rings. The van der Waals surface area contributed by atoms with Gasteiger partial charge in [0.05, 0.1) is 6.54 Å². The van der Waals surface area contributed by atoms with Crippen molar-refractivity contribution in [2.45, 2.75) is 26.3 Å². The summed E-state index contributed by atoms with van der Waals surface area (Å²) in [6, 6.07) is 0.980. The van der Waals surface area contributed by atoms with E-state index in [4.69, 9.17) is 0 Å². The molecule has 0 radical (unpaired) electrons. The van der Waals surface area contributed by atoms with Gasteiger partial charge >= 0.3 is 5.97 Å². The maximum Gasteiger partial charge on any atom is 0.326 e. The minimum atomic E-state index is -0.908. The van der Waals surface area contributed by atoms with Gasteiger partial charge in [-0.2, -0.15) is 0 Å². The number of carbonyl (C=O) groups is 2. The van der Waals surface area contributed by atoms with E-state index in [1.807, 2.05) is 18.7 Å². The molecule has 2 N–H and O–H groups in total. The Kier molecular flexibility index (Phi) is 5.36. The van der Waals surface area contributed by atoms with Crippen LogP contribution < -0.4 is 10.2 Å². The average Bonchev–Trinajstić information content (AvgIpc) is 2.54. The summed E-state index contributed by atoms with van der Waals surface area (Å²) in [6.07, 6.45) is 2.13. The number of rotatable bonds is 6. The Bertz CT molecular complexity index is 580. The molecule has 0 bridgehead atoms. The summed E-state index contributed by atoms with van der Waals surface area (Å²) in [5.74, 6) is 0.170. The fourth-order valence-electron chi connectivity index (χ4n) is 2.40. The van der Waals surface area contributed by atoms with Crippen molar-refractivity contribution in [3.8, 4) is 0 Å². The van der Waals surface area contributed by atoms with E-state index < -0.39 is 12.0 Å². The van der Waals surface area contributed by atoms with Crippen LogP contribution in [0.3, 0.4) is 0 Å². The fraction of sp³-hybridized carbons (Fsp3) is 0.600. The van der Waals surface area contributed by atoms with E-state index in [0.29, 0.717) is 24.7 Å². The number of hydrogen-bond donors (Lipinski definition) is 2. The Balaban J connectivity index is 2.13. The highest BCUT2D eigenvalue weighted by Crippen LogP contribution is 2.19. The molecule has 8 heteroatoms. The Morgan fingerprint density at radius 3 is 2.78 bits per heavy atom. The van der Waals surface area contributed by atoms with Gasteiger partial charge in [0.1, 0.15) is 24.0 Å². The van der Waals surface area contributed by atoms with Crippen molar-refractivity contribution in [2.24, 2.45) is 5.92 Å². The van der Waals surface area contributed by atoms with Gasteiger partial charge in [-0.25, -0.2) is 14.8 Å². The first-order chi connectivity index (χ1) is 10.9. The Hall–Kier alpha value is -2.38. The summed E-state index contributed by atoms with van der Waals surface area (Å²) in [5.41, 5.74) is 0. The molecule has 23 heavy (non-hydrogen) atoms. The van der Waals surface area contributed by atoms with Crippen LogP contribution in [-0.2, 0) is 9.59 Å². The summed E-state index contributed by atoms with van der Waals surface area (Å²) < 4.78 is 0. The fourth-order valence-corrected chi connectivity index (χ4v) is 2.40. The van der Waals surface area contributed by atoms with Gasteiger partial charge in [-0.05, 0) is 5.92 Å². The van der Waals surface area contributed by atoms with Crippen LogP contribution in [0.2, 0.25) is 0 Å². The lowest BCUT2D eigenvalue weighted by Crippen LogP contribution is -2.48. The second-order valence-electron chi connectivity index (χ2n) is 5.84. The summed E-state index contributed by atoms with van der Waals surface area (Å²) in [4.78, 5) is 35.1. The number of aromatic nitrogens is 2. The molecule has 1 aliphatic heterocycles. The van der Waals surface area contributed by atoms with Crippen LogP contribution in [0, 0.1) is 5.92 Å². The molecule has 1 saturated heterocycles. The quantitative estimate of drug-likeness (QED) is 0.794. The minimum absolute atomic E-state index is 0.0314. The molecule has 0 spiro atoms. The Morgan fingerprint density at radius 1 is 1.43 bits per heavy atom. The average molecular weight is 321 g/mol. The van der Waals surface area contributed by atoms with Gasteiger partial charge in [0.15, 0.2) is 0 Å². The number of amides is 1. The highest BCUT2D eigenvalue weighted by Gasteiger charge is 2.25. The Labute approximate surface area is 135 Å². The number of likely N-dealkylation sites (N-methyl/N-ethyl adjacent to an activating group) is 1. The first-order valence-corrected chi connectivity index (χ1v) is 7.72. The molecule has 2 heterocycles. The summed E-state index contributed by atoms with van der Waals surface area (Å²) >= 11 is 0. The third-order valence-electron chi connectivity index (χ3n) is 4.22. The van der Waals surface area contributed by atoms with E-state index in [9.17, 15) is 14.7 Å². The topological polar surface area (TPSA) is 98.7 Å². The van der Waals surface area contributed by atoms with Crippen LogP contribution in [-0.4, -0.2) is 64.6 Å². The number of anilines is 2. The van der Waals surface area contributed by atoms with E-state index in [1.165, 1.54) is 6.33 Å². The molecule has 126 valence electrons. The number of hydrogen-bond acceptors (Lipinski definition) is 6. The molecule has 1 aromatic rings. The van der Waals surface area contributed by atoms with Crippen molar-refractivity contribution in [2.75, 3.05) is 36.9 Å². The zero-order chi connectivity index (χ0) is 17.0. The maximum absolute atomic E-state index is 11.8. The summed E-state index contributed by atoms with van der Waals surface area (Å²) in [7, 11) is 1.77. The van der Waals surface area contributed by atoms with Gasteiger partial charge in [0, 0.05) is 26.2 Å². The van der Waals surface area contributed by atoms with Crippen LogP contribution >= 0.6 is 0 Å². The van der Waals surface area contributed by atoms with Crippen LogP contribution in [0.1, 0.15) is 20.3 Å². The van der Waals surface area contributed by atoms with Crippen LogP contribution in [0.4, 0.5) is 11.6 Å². The first kappa shape index (κ1) is 17.0. The molecule has 0 unspecified atom stereocenters. The van der Waals surface area contributed by atoms with E-state index in [2.05, 4.69) is 15.3 Å². The van der Waals surface area contributed by atoms with Crippen LogP contribution in [0.15, 0.2) is 12.4 Å². The third kappa shape index (κ3) is 4.08. The molecule has 0 aliphatic carbocycles. The Morgan fingerprint density at radius 2 is 2.17 bits per heavy atom. The summed E-state index contributed by atoms with van der Waals surface area (Å²) in [6.45, 7) is 5.42. The molecular formula is C15H23N5O3. The van der Waals surface area contributed by atoms with Gasteiger partial charge in [-0.1, -0.05) is 20.3 Å². The zero-order valence-corrected chi connectivity index (χ0v) is 13.7. The minimum Gasteiger partial charge on any atom is -0.480 e. The number of aliphatic carboxylic acids is 1. The number of piperazine rings is 1. The smallest absolute Gasteiger partial charge is 0.326 e. The van der Waals surface area contributed by atoms with Gasteiger partial charge in [-0.15, -0.1) is 0 Å². The van der Waals surface area contributed by atoms with E-state index in [-0.39, 0.29) is 18.4 Å². The molecule has 1 fully saturated rings. The van der Waals surface area contributed by atoms with Crippen molar-refractivity contribution in [3.05, 3.63) is 12.4 Å². The largest absolute Gasteiger partial charge is 0.480 e. The number of nitrogens with zero attached hydrogens (tertiary/aromatic N) is 4. The monoisotopic (exact) mass is 321 g/mol. The van der Waals surface area contributed by atoms with Crippen molar-refractivity contribution >= 4 is 23.5 Å². The normalized spacial score (nSPS) is 17.8. The predicted octanol–water partition coefficient (Wildman–Crippen LogP) is 0.666. The van der Waals surface area contributed by atoms with Gasteiger partial charge in [0.25, 0.3) is 0 Å². The SMILES string of the molecule is CC[C@H](C)[C@H](Nc1cc(N2CCN(C)C(=O)C2)ncn1)C(=O)O. The predicted molar refractivity (Wildman–Crippen MR) is 86.4 cm³/mol. The molecular weight excluding hydrogens is 298 g/mol. The van der Waals surface area contributed by atoms with Crippen molar-refractivity contribution < 1.29 is 14.7 Å². The third-order valence-corrected chi connectivity index (χ3v) is 4.22. The van der Waals surface area contributed by atoms with Crippen molar-refractivity contribution in [1.82, 2.24) is 14.9 Å². The maximum atomic E-state index is 11.8. The molecule has 1 aromatic heterocycles. The van der Waals surface area contributed by atoms with Crippen LogP contribution in [0.5, 0.6) is 0 Å². The van der Waals surface area contributed by atoms with Crippen LogP contribution in [0.25, 0.3) is 0 Å². The lowest BCUT2D eigenvalue weighted by molar-refractivity contribution is -0.139. The van der Waals surface area contributed by atoms with Crippen molar-refractivity contribution in [1.29, 1.82) is 0 Å². The van der Waals surface area contributed by atoms with E-state index in [1.54, 1.807) is 18.0 Å². The summed E-state index contributed by atoms with van der Waals surface area (Å²) in [5, 5.41) is 12.3. The van der Waals surface area contributed by atoms with E-state index in [0.717, 1.165) is 6.42 Å². The van der Waals surface area contributed by atoms with Gasteiger partial charge < -0.3 is 20.2 Å². The van der Waals surface area contributed by atoms with Crippen molar-refractivity contribution in [3.63, 3.8) is 0 Å². The lowest BCUT2D eigenvalue weighted by Gasteiger charge is -2.32. The van der Waals surface area contributed by atoms with Gasteiger partial charge in [0.2, 0.25) is 5.91 Å². The molecule has 1 amide bonds. The first-order valence-electron chi connectivity index (χ1n) is 7.72. The molecule has 8 nitrogen and oxygen atoms in total. The molecule has 0 aromatic carbocycles. The molecule has 0 saturated carbocycles. The van der Waals surface area contributed by atoms with Gasteiger partial charge in [-0.3, -0.25) is 4.79 Å². The number of carboxylic acids is 1. The number of carboxylic acid groups (broad SMARTS) is 1. The standard InChI is InChI=1S/C15H23N5O3/c1-4-10(2)14(15(22)23)18-11-7-12(17-9-16-11)20-6-5-19(3)13(21)8-20/h7,9-10,14H,4-6,8H2,1-3H3,(H,22,23)(H,16,17,18)/t10-,14-/m0/s1.